The van der Waals surface area contributed by atoms with Gasteiger partial charge in [0.1, 0.15) is 17.1 Å². The first-order valence-corrected chi connectivity index (χ1v) is 11.7. The fourth-order valence-corrected chi connectivity index (χ4v) is 5.10. The third kappa shape index (κ3) is 3.22. The molecule has 7 nitrogen and oxygen atoms in total. The highest BCUT2D eigenvalue weighted by Crippen LogP contribution is 2.46. The molecule has 0 aliphatic rings. The normalized spacial score (nSPS) is 11.5. The number of phenols is 2. The molecule has 0 bridgehead atoms. The van der Waals surface area contributed by atoms with Crippen molar-refractivity contribution in [3.05, 3.63) is 55.3 Å². The molecule has 10 heteroatoms. The van der Waals surface area contributed by atoms with Crippen LogP contribution in [-0.2, 0) is 20.5 Å². The van der Waals surface area contributed by atoms with E-state index in [0.717, 1.165) is 20.4 Å². The van der Waals surface area contributed by atoms with Gasteiger partial charge in [0.15, 0.2) is 0 Å². The van der Waals surface area contributed by atoms with Crippen molar-refractivity contribution in [2.45, 2.75) is 18.2 Å². The molecule has 0 spiro atoms. The number of hydrogen-bond acceptors (Lipinski definition) is 6. The summed E-state index contributed by atoms with van der Waals surface area (Å²) < 4.78 is 2.90. The summed E-state index contributed by atoms with van der Waals surface area (Å²) in [5.41, 5.74) is 0.521. The quantitative estimate of drug-likeness (QED) is 0.305. The third-order valence-electron chi connectivity index (χ3n) is 5.35. The van der Waals surface area contributed by atoms with Crippen molar-refractivity contribution >= 4 is 59.4 Å². The Balaban J connectivity index is 2.23. The average molecular weight is 523 g/mol. The van der Waals surface area contributed by atoms with Crippen molar-refractivity contribution in [2.75, 3.05) is 0 Å². The van der Waals surface area contributed by atoms with Crippen LogP contribution in [0.25, 0.3) is 32.9 Å². The van der Waals surface area contributed by atoms with Gasteiger partial charge in [0, 0.05) is 34.4 Å². The number of halogens is 2. The fourth-order valence-electron chi connectivity index (χ4n) is 3.78. The Morgan fingerprint density at radius 3 is 2.39 bits per heavy atom. The zero-order chi connectivity index (χ0) is 22.6. The number of aromatic nitrogens is 3. The predicted octanol–water partition coefficient (Wildman–Crippen LogP) is 4.43. The van der Waals surface area contributed by atoms with Crippen LogP contribution in [0.5, 0.6) is 11.5 Å². The topological polar surface area (TPSA) is 97.4 Å². The minimum absolute atomic E-state index is 0.0732. The summed E-state index contributed by atoms with van der Waals surface area (Å²) in [5.74, 6) is -0.301. The van der Waals surface area contributed by atoms with Gasteiger partial charge in [-0.05, 0) is 51.8 Å². The Bertz CT molecular complexity index is 1510. The molecule has 0 saturated heterocycles. The first-order valence-electron chi connectivity index (χ1n) is 9.26. The zero-order valence-corrected chi connectivity index (χ0v) is 19.9. The molecule has 4 rings (SSSR count). The van der Waals surface area contributed by atoms with Crippen LogP contribution in [0.4, 0.5) is 0 Å². The molecule has 0 fully saturated rings. The molecule has 160 valence electrons. The predicted molar refractivity (Wildman–Crippen MR) is 127 cm³/mol. The van der Waals surface area contributed by atoms with Crippen LogP contribution in [0.2, 0.25) is 0 Å². The summed E-state index contributed by atoms with van der Waals surface area (Å²) in [6.07, 6.45) is 0.412. The van der Waals surface area contributed by atoms with Crippen LogP contribution in [0.3, 0.4) is 0 Å². The molecule has 0 saturated carbocycles. The molecule has 0 aliphatic carbocycles. The van der Waals surface area contributed by atoms with Gasteiger partial charge in [-0.15, -0.1) is 0 Å². The van der Waals surface area contributed by atoms with Crippen molar-refractivity contribution in [1.82, 2.24) is 14.1 Å². The highest BCUT2D eigenvalue weighted by Gasteiger charge is 2.23. The summed E-state index contributed by atoms with van der Waals surface area (Å²) >= 11 is 3.49. The van der Waals surface area contributed by atoms with Crippen molar-refractivity contribution in [3.63, 3.8) is 0 Å². The molecule has 2 heterocycles. The Kier molecular flexibility index (Phi) is 5.53. The number of pyridine rings is 1. The van der Waals surface area contributed by atoms with E-state index in [-0.39, 0.29) is 33.3 Å². The van der Waals surface area contributed by atoms with E-state index in [2.05, 4.69) is 20.9 Å². The van der Waals surface area contributed by atoms with E-state index in [9.17, 15) is 19.8 Å². The van der Waals surface area contributed by atoms with Gasteiger partial charge in [-0.25, -0.2) is 9.78 Å². The molecule has 0 amide bonds. The first-order chi connectivity index (χ1) is 14.7. The number of rotatable bonds is 3. The van der Waals surface area contributed by atoms with Crippen LogP contribution in [0.1, 0.15) is 12.6 Å². The van der Waals surface area contributed by atoms with E-state index in [0.29, 0.717) is 27.7 Å². The number of benzene rings is 2. The SMILES string of the molecule is CCc1nc2c(c(=O)n(C)c(=O)n2C)c2c(O)cc(-c3ccc(SCl)cc3Br)c(O)c12. The van der Waals surface area contributed by atoms with E-state index in [4.69, 9.17) is 10.7 Å². The number of aryl methyl sites for hydroxylation is 2. The van der Waals surface area contributed by atoms with E-state index in [1.807, 2.05) is 6.92 Å². The van der Waals surface area contributed by atoms with E-state index in [1.165, 1.54) is 24.7 Å². The lowest BCUT2D eigenvalue weighted by Crippen LogP contribution is -2.37. The van der Waals surface area contributed by atoms with E-state index >= 15 is 0 Å². The van der Waals surface area contributed by atoms with Crippen molar-refractivity contribution < 1.29 is 10.2 Å². The van der Waals surface area contributed by atoms with E-state index < -0.39 is 11.2 Å². The highest BCUT2D eigenvalue weighted by molar-refractivity contribution is 9.10. The summed E-state index contributed by atoms with van der Waals surface area (Å²) in [5, 5.41) is 22.8. The van der Waals surface area contributed by atoms with Gasteiger partial charge in [0.2, 0.25) is 0 Å². The zero-order valence-electron chi connectivity index (χ0n) is 16.7. The van der Waals surface area contributed by atoms with Gasteiger partial charge in [-0.3, -0.25) is 13.9 Å². The van der Waals surface area contributed by atoms with Gasteiger partial charge >= 0.3 is 5.69 Å². The molecule has 0 aliphatic heterocycles. The van der Waals surface area contributed by atoms with Gasteiger partial charge < -0.3 is 10.2 Å². The number of nitrogens with zero attached hydrogens (tertiary/aromatic N) is 3. The average Bonchev–Trinajstić information content (AvgIpc) is 2.77. The lowest BCUT2D eigenvalue weighted by molar-refractivity contribution is 0.471. The third-order valence-corrected chi connectivity index (χ3v) is 6.97. The molecule has 2 aromatic heterocycles. The number of fused-ring (bicyclic) bond motifs is 3. The summed E-state index contributed by atoms with van der Waals surface area (Å²) in [6, 6.07) is 6.79. The van der Waals surface area contributed by atoms with Crippen molar-refractivity contribution in [1.29, 1.82) is 0 Å². The molecule has 2 aromatic carbocycles. The molecular weight excluding hydrogens is 506 g/mol. The second-order valence-corrected chi connectivity index (χ2v) is 9.02. The van der Waals surface area contributed by atoms with Gasteiger partial charge in [-0.1, -0.05) is 28.9 Å². The van der Waals surface area contributed by atoms with E-state index in [1.54, 1.807) is 18.2 Å². The Labute approximate surface area is 193 Å². The Morgan fingerprint density at radius 2 is 1.77 bits per heavy atom. The number of phenolic OH excluding ortho intramolecular Hbond substituents is 2. The van der Waals surface area contributed by atoms with Crippen LogP contribution in [-0.4, -0.2) is 24.3 Å². The Morgan fingerprint density at radius 1 is 1.06 bits per heavy atom. The van der Waals surface area contributed by atoms with Crippen LogP contribution in [0, 0.1) is 0 Å². The molecule has 0 atom stereocenters. The van der Waals surface area contributed by atoms with Crippen molar-refractivity contribution in [3.8, 4) is 22.6 Å². The van der Waals surface area contributed by atoms with Crippen LogP contribution < -0.4 is 11.2 Å². The maximum absolute atomic E-state index is 13.0. The molecular formula is C21H17BrClN3O4S. The minimum atomic E-state index is -0.592. The fraction of sp³-hybridized carbons (Fsp3) is 0.190. The molecule has 0 unspecified atom stereocenters. The molecule has 31 heavy (non-hydrogen) atoms. The molecule has 4 aromatic rings. The maximum atomic E-state index is 13.0. The second kappa shape index (κ2) is 7.89. The van der Waals surface area contributed by atoms with Crippen LogP contribution >= 0.6 is 37.6 Å². The standard InChI is InChI=1S/C21H17BrClN3O4S/c1-4-13-15-16(17-19(24-13)25(2)21(30)26(3)20(17)29)14(27)8-11(18(15)28)10-6-5-9(31-23)7-12(10)22/h5-8,27-28H,4H2,1-3H3. The maximum Gasteiger partial charge on any atom is 0.332 e. The number of hydrogen-bond donors (Lipinski definition) is 2. The lowest BCUT2D eigenvalue weighted by atomic mass is 9.96. The first kappa shape index (κ1) is 21.7. The largest absolute Gasteiger partial charge is 0.507 e. The highest BCUT2D eigenvalue weighted by atomic mass is 79.9. The second-order valence-electron chi connectivity index (χ2n) is 7.08. The molecule has 2 N–H and O–H groups in total. The summed E-state index contributed by atoms with van der Waals surface area (Å²) in [6.45, 7) is 1.85. The Hall–Kier alpha value is -2.49. The molecule has 0 radical (unpaired) electrons. The van der Waals surface area contributed by atoms with Gasteiger partial charge in [-0.2, -0.15) is 0 Å². The summed E-state index contributed by atoms with van der Waals surface area (Å²) in [7, 11) is 9.76. The van der Waals surface area contributed by atoms with Crippen LogP contribution in [0.15, 0.2) is 43.2 Å². The monoisotopic (exact) mass is 521 g/mol. The van der Waals surface area contributed by atoms with Gasteiger partial charge in [0.05, 0.1) is 16.5 Å². The van der Waals surface area contributed by atoms with Crippen molar-refractivity contribution in [2.24, 2.45) is 14.1 Å². The van der Waals surface area contributed by atoms with Gasteiger partial charge in [0.25, 0.3) is 5.56 Å². The minimum Gasteiger partial charge on any atom is -0.507 e. The number of aromatic hydroxyl groups is 2. The summed E-state index contributed by atoms with van der Waals surface area (Å²) in [4.78, 5) is 30.7. The smallest absolute Gasteiger partial charge is 0.332 e. The lowest BCUT2D eigenvalue weighted by Gasteiger charge is -2.17.